The molecule has 0 saturated carbocycles. The number of aromatic nitrogens is 1. The molecule has 1 aromatic heterocycles. The Labute approximate surface area is 187 Å². The lowest BCUT2D eigenvalue weighted by atomic mass is 10.0. The van der Waals surface area contributed by atoms with E-state index in [1.54, 1.807) is 0 Å². The Balaban J connectivity index is 1.90. The van der Waals surface area contributed by atoms with Crippen molar-refractivity contribution in [3.8, 4) is 17.6 Å². The first-order chi connectivity index (χ1) is 15.4. The molecule has 0 spiro atoms. The first-order valence-electron chi connectivity index (χ1n) is 9.44. The molecular formula is C22H19F3N2O5S. The van der Waals surface area contributed by atoms with Crippen LogP contribution < -0.4 is 10.1 Å². The third-order valence-electron chi connectivity index (χ3n) is 4.70. The second-order valence-corrected chi connectivity index (χ2v) is 9.16. The predicted octanol–water partition coefficient (Wildman–Crippen LogP) is 3.85. The molecule has 3 rings (SSSR count). The van der Waals surface area contributed by atoms with Crippen LogP contribution >= 0.6 is 0 Å². The summed E-state index contributed by atoms with van der Waals surface area (Å²) in [6, 6.07) is 6.97. The van der Waals surface area contributed by atoms with E-state index in [9.17, 15) is 31.5 Å². The summed E-state index contributed by atoms with van der Waals surface area (Å²) in [5, 5.41) is 12.5. The molecule has 3 N–H and O–H groups in total. The third-order valence-corrected chi connectivity index (χ3v) is 5.81. The van der Waals surface area contributed by atoms with Gasteiger partial charge in [-0.1, -0.05) is 11.8 Å². The highest BCUT2D eigenvalue weighted by atomic mass is 32.2. The Kier molecular flexibility index (Phi) is 6.60. The number of H-pyrrole nitrogens is 1. The number of anilines is 1. The zero-order valence-corrected chi connectivity index (χ0v) is 18.3. The summed E-state index contributed by atoms with van der Waals surface area (Å²) < 4.78 is 67.3. The fourth-order valence-corrected chi connectivity index (χ4v) is 3.88. The van der Waals surface area contributed by atoms with E-state index >= 15 is 0 Å². The highest BCUT2D eigenvalue weighted by Gasteiger charge is 2.29. The van der Waals surface area contributed by atoms with Crippen molar-refractivity contribution in [2.75, 3.05) is 25.2 Å². The first-order valence-corrected chi connectivity index (χ1v) is 11.3. The smallest absolute Gasteiger partial charge is 0.393 e. The summed E-state index contributed by atoms with van der Waals surface area (Å²) in [6.07, 6.45) is -3.45. The lowest BCUT2D eigenvalue weighted by Gasteiger charge is -2.10. The van der Waals surface area contributed by atoms with Gasteiger partial charge in [0.05, 0.1) is 41.7 Å². The molecule has 2 aromatic carbocycles. The average molecular weight is 480 g/mol. The maximum atomic E-state index is 12.9. The number of sulfone groups is 1. The summed E-state index contributed by atoms with van der Waals surface area (Å²) in [5.74, 6) is 4.58. The summed E-state index contributed by atoms with van der Waals surface area (Å²) in [5.41, 5.74) is 0.425. The molecule has 0 amide bonds. The molecule has 0 bridgehead atoms. The van der Waals surface area contributed by atoms with Gasteiger partial charge in [-0.3, -0.25) is 0 Å². The lowest BCUT2D eigenvalue weighted by Crippen LogP contribution is -2.11. The van der Waals surface area contributed by atoms with Crippen LogP contribution in [0.15, 0.2) is 41.4 Å². The van der Waals surface area contributed by atoms with Crippen LogP contribution in [0.25, 0.3) is 10.9 Å². The van der Waals surface area contributed by atoms with Gasteiger partial charge < -0.3 is 20.1 Å². The van der Waals surface area contributed by atoms with Gasteiger partial charge in [-0.15, -0.1) is 0 Å². The Morgan fingerprint density at radius 2 is 1.97 bits per heavy atom. The van der Waals surface area contributed by atoms with E-state index < -0.39 is 28.4 Å². The van der Waals surface area contributed by atoms with Crippen molar-refractivity contribution in [1.82, 2.24) is 4.98 Å². The van der Waals surface area contributed by atoms with Crippen molar-refractivity contribution in [1.29, 1.82) is 0 Å². The van der Waals surface area contributed by atoms with E-state index in [-0.39, 0.29) is 39.0 Å². The number of hydrogen-bond donors (Lipinski definition) is 3. The van der Waals surface area contributed by atoms with Gasteiger partial charge in [0.1, 0.15) is 5.75 Å². The number of aromatic carboxylic acids is 1. The number of nitrogens with one attached hydrogen (secondary N) is 2. The second-order valence-electron chi connectivity index (χ2n) is 7.15. The SMILES string of the molecule is COc1ccc(S(C)(=O)=O)cc1NCC#Cc1cc(C(=O)O)c2[nH]cc(CC(F)(F)F)c2c1. The maximum Gasteiger partial charge on any atom is 0.393 e. The van der Waals surface area contributed by atoms with Crippen molar-refractivity contribution in [3.05, 3.63) is 53.2 Å². The molecule has 174 valence electrons. The van der Waals surface area contributed by atoms with Crippen LogP contribution in [-0.2, 0) is 16.3 Å². The number of alkyl halides is 3. The Bertz CT molecular complexity index is 1380. The van der Waals surface area contributed by atoms with Crippen LogP contribution in [0.1, 0.15) is 21.5 Å². The Morgan fingerprint density at radius 1 is 1.24 bits per heavy atom. The van der Waals surface area contributed by atoms with Crippen LogP contribution in [0.2, 0.25) is 0 Å². The molecule has 0 radical (unpaired) electrons. The zero-order chi connectivity index (χ0) is 24.4. The number of fused-ring (bicyclic) bond motifs is 1. The molecule has 0 fully saturated rings. The summed E-state index contributed by atoms with van der Waals surface area (Å²) in [7, 11) is -2.02. The lowest BCUT2D eigenvalue weighted by molar-refractivity contribution is -0.127. The number of carboxylic acid groups (broad SMARTS) is 1. The number of halogens is 3. The number of carboxylic acids is 1. The summed E-state index contributed by atoms with van der Waals surface area (Å²) >= 11 is 0. The van der Waals surface area contributed by atoms with Crippen LogP contribution in [-0.4, -0.2) is 50.6 Å². The molecular weight excluding hydrogens is 461 g/mol. The number of hydrogen-bond acceptors (Lipinski definition) is 5. The fourth-order valence-electron chi connectivity index (χ4n) is 3.23. The monoisotopic (exact) mass is 480 g/mol. The summed E-state index contributed by atoms with van der Waals surface area (Å²) in [4.78, 5) is 14.3. The van der Waals surface area contributed by atoms with E-state index in [0.29, 0.717) is 11.4 Å². The topological polar surface area (TPSA) is 108 Å². The van der Waals surface area contributed by atoms with Gasteiger partial charge in [0.15, 0.2) is 9.84 Å². The molecule has 1 heterocycles. The number of methoxy groups -OCH3 is 1. The molecule has 0 saturated heterocycles. The molecule has 33 heavy (non-hydrogen) atoms. The molecule has 0 unspecified atom stereocenters. The number of rotatable bonds is 6. The average Bonchev–Trinajstić information content (AvgIpc) is 3.10. The summed E-state index contributed by atoms with van der Waals surface area (Å²) in [6.45, 7) is 0.0343. The minimum atomic E-state index is -4.45. The van der Waals surface area contributed by atoms with Crippen molar-refractivity contribution in [2.24, 2.45) is 0 Å². The molecule has 0 aliphatic heterocycles. The fraction of sp³-hybridized carbons (Fsp3) is 0.227. The van der Waals surface area contributed by atoms with Crippen LogP contribution in [0.5, 0.6) is 5.75 Å². The van der Waals surface area contributed by atoms with Crippen molar-refractivity contribution < 1.29 is 36.2 Å². The number of carbonyl (C=O) groups is 1. The van der Waals surface area contributed by atoms with Crippen molar-refractivity contribution in [3.63, 3.8) is 0 Å². The number of benzene rings is 2. The normalized spacial score (nSPS) is 11.7. The highest BCUT2D eigenvalue weighted by molar-refractivity contribution is 7.90. The Hall–Kier alpha value is -3.65. The van der Waals surface area contributed by atoms with E-state index in [1.807, 2.05) is 0 Å². The number of ether oxygens (including phenoxy) is 1. The molecule has 3 aromatic rings. The molecule has 0 aliphatic carbocycles. The largest absolute Gasteiger partial charge is 0.495 e. The minimum Gasteiger partial charge on any atom is -0.495 e. The van der Waals surface area contributed by atoms with Gasteiger partial charge in [0, 0.05) is 23.4 Å². The maximum absolute atomic E-state index is 12.9. The molecule has 0 atom stereocenters. The van der Waals surface area contributed by atoms with Gasteiger partial charge in [-0.05, 0) is 35.9 Å². The molecule has 11 heteroatoms. The van der Waals surface area contributed by atoms with Gasteiger partial charge in [-0.2, -0.15) is 13.2 Å². The van der Waals surface area contributed by atoms with Gasteiger partial charge in [-0.25, -0.2) is 13.2 Å². The van der Waals surface area contributed by atoms with Crippen molar-refractivity contribution >= 4 is 32.4 Å². The van der Waals surface area contributed by atoms with E-state index in [1.165, 1.54) is 37.4 Å². The first kappa shape index (κ1) is 24.0. The van der Waals surface area contributed by atoms with Crippen LogP contribution in [0.3, 0.4) is 0 Å². The third kappa shape index (κ3) is 5.78. The van der Waals surface area contributed by atoms with Gasteiger partial charge in [0.2, 0.25) is 0 Å². The molecule has 7 nitrogen and oxygen atoms in total. The predicted molar refractivity (Wildman–Crippen MR) is 116 cm³/mol. The highest BCUT2D eigenvalue weighted by Crippen LogP contribution is 2.30. The van der Waals surface area contributed by atoms with E-state index in [4.69, 9.17) is 4.74 Å². The quantitative estimate of drug-likeness (QED) is 0.463. The number of aromatic amines is 1. The zero-order valence-electron chi connectivity index (χ0n) is 17.5. The van der Waals surface area contributed by atoms with E-state index in [0.717, 1.165) is 12.5 Å². The Morgan fingerprint density at radius 3 is 2.58 bits per heavy atom. The minimum absolute atomic E-state index is 0.0343. The standard InChI is InChI=1S/C22H19F3N2O5S/c1-32-19-6-5-15(33(2,30)31)10-18(19)26-7-3-4-13-8-16-14(11-22(23,24)25)12-27-20(16)17(9-13)21(28)29/h5-6,8-10,12,26-27H,7,11H2,1-2H3,(H,28,29). The van der Waals surface area contributed by atoms with Crippen LogP contribution in [0, 0.1) is 11.8 Å². The molecule has 0 aliphatic rings. The van der Waals surface area contributed by atoms with E-state index in [2.05, 4.69) is 22.1 Å². The van der Waals surface area contributed by atoms with Gasteiger partial charge in [0.25, 0.3) is 0 Å². The van der Waals surface area contributed by atoms with Crippen molar-refractivity contribution in [2.45, 2.75) is 17.5 Å². The van der Waals surface area contributed by atoms with Crippen LogP contribution in [0.4, 0.5) is 18.9 Å². The van der Waals surface area contributed by atoms with Gasteiger partial charge >= 0.3 is 12.1 Å². The second kappa shape index (κ2) is 9.07.